The Kier molecular flexibility index (Phi) is 5.65. The Morgan fingerprint density at radius 1 is 1.17 bits per heavy atom. The van der Waals surface area contributed by atoms with E-state index in [1.54, 1.807) is 24.0 Å². The van der Waals surface area contributed by atoms with Gasteiger partial charge in [-0.05, 0) is 42.9 Å². The summed E-state index contributed by atoms with van der Waals surface area (Å²) in [7, 11) is 0. The van der Waals surface area contributed by atoms with Crippen molar-refractivity contribution in [2.45, 2.75) is 58.1 Å². The van der Waals surface area contributed by atoms with Crippen LogP contribution in [0.15, 0.2) is 24.3 Å². The number of nitrogens with zero attached hydrogens (tertiary/aromatic N) is 1. The maximum Gasteiger partial charge on any atom is 0.251 e. The summed E-state index contributed by atoms with van der Waals surface area (Å²) in [6.07, 6.45) is 0.877. The molecule has 1 saturated heterocycles. The highest BCUT2D eigenvalue weighted by Crippen LogP contribution is 2.22. The molecular formula is C19H28N2O3. The first kappa shape index (κ1) is 18.5. The third kappa shape index (κ3) is 4.57. The van der Waals surface area contributed by atoms with E-state index in [9.17, 15) is 14.7 Å². The Balaban J connectivity index is 1.94. The number of likely N-dealkylation sites (tertiary alicyclic amines) is 1. The summed E-state index contributed by atoms with van der Waals surface area (Å²) in [4.78, 5) is 26.4. The first-order valence-corrected chi connectivity index (χ1v) is 8.57. The van der Waals surface area contributed by atoms with Crippen LogP contribution in [0.4, 0.5) is 0 Å². The molecule has 0 aromatic heterocycles. The third-order valence-corrected chi connectivity index (χ3v) is 4.51. The third-order valence-electron chi connectivity index (χ3n) is 4.51. The van der Waals surface area contributed by atoms with E-state index in [4.69, 9.17) is 0 Å². The van der Waals surface area contributed by atoms with Gasteiger partial charge in [0, 0.05) is 18.7 Å². The smallest absolute Gasteiger partial charge is 0.251 e. The van der Waals surface area contributed by atoms with Crippen LogP contribution in [0.2, 0.25) is 0 Å². The van der Waals surface area contributed by atoms with Gasteiger partial charge in [0.2, 0.25) is 5.91 Å². The monoisotopic (exact) mass is 332 g/mol. The second kappa shape index (κ2) is 7.34. The van der Waals surface area contributed by atoms with Gasteiger partial charge in [-0.3, -0.25) is 9.59 Å². The number of carbonyl (C=O) groups is 2. The maximum absolute atomic E-state index is 12.4. The lowest BCUT2D eigenvalue weighted by Gasteiger charge is -2.31. The molecule has 0 bridgehead atoms. The van der Waals surface area contributed by atoms with Crippen molar-refractivity contribution < 1.29 is 14.7 Å². The van der Waals surface area contributed by atoms with Crippen molar-refractivity contribution in [2.75, 3.05) is 13.1 Å². The summed E-state index contributed by atoms with van der Waals surface area (Å²) < 4.78 is 0. The van der Waals surface area contributed by atoms with Gasteiger partial charge in [-0.15, -0.1) is 0 Å². The largest absolute Gasteiger partial charge is 0.393 e. The molecule has 24 heavy (non-hydrogen) atoms. The van der Waals surface area contributed by atoms with Gasteiger partial charge in [-0.1, -0.05) is 32.9 Å². The van der Waals surface area contributed by atoms with Crippen LogP contribution < -0.4 is 5.32 Å². The molecule has 1 unspecified atom stereocenters. The summed E-state index contributed by atoms with van der Waals surface area (Å²) in [6.45, 7) is 9.16. The fourth-order valence-corrected chi connectivity index (χ4v) is 2.82. The van der Waals surface area contributed by atoms with Crippen molar-refractivity contribution in [3.05, 3.63) is 35.4 Å². The van der Waals surface area contributed by atoms with Crippen molar-refractivity contribution in [1.29, 1.82) is 0 Å². The van der Waals surface area contributed by atoms with E-state index in [2.05, 4.69) is 26.1 Å². The highest BCUT2D eigenvalue weighted by molar-refractivity contribution is 5.97. The first-order valence-electron chi connectivity index (χ1n) is 8.57. The number of rotatable bonds is 3. The topological polar surface area (TPSA) is 69.6 Å². The summed E-state index contributed by atoms with van der Waals surface area (Å²) in [5.74, 6) is -0.338. The van der Waals surface area contributed by atoms with Crippen LogP contribution in [-0.2, 0) is 10.2 Å². The lowest BCUT2D eigenvalue weighted by Crippen LogP contribution is -2.50. The number of hydrogen-bond acceptors (Lipinski definition) is 3. The molecule has 1 aromatic rings. The Bertz CT molecular complexity index is 582. The molecule has 1 aliphatic heterocycles. The lowest BCUT2D eigenvalue weighted by atomic mass is 9.86. The SMILES string of the molecule is CC(NC(=O)c1ccc(C(C)(C)C)cc1)C(=O)N1CCC(O)CC1. The Morgan fingerprint density at radius 2 is 1.71 bits per heavy atom. The number of amides is 2. The Labute approximate surface area is 144 Å². The molecule has 0 saturated carbocycles. The van der Waals surface area contributed by atoms with Crippen LogP contribution in [0.5, 0.6) is 0 Å². The second-order valence-corrected chi connectivity index (χ2v) is 7.58. The van der Waals surface area contributed by atoms with E-state index in [1.807, 2.05) is 12.1 Å². The molecule has 2 amide bonds. The fraction of sp³-hybridized carbons (Fsp3) is 0.579. The van der Waals surface area contributed by atoms with Crippen LogP contribution >= 0.6 is 0 Å². The predicted octanol–water partition coefficient (Wildman–Crippen LogP) is 2.09. The summed E-state index contributed by atoms with van der Waals surface area (Å²) in [6, 6.07) is 6.92. The van der Waals surface area contributed by atoms with Crippen molar-refractivity contribution in [2.24, 2.45) is 0 Å². The van der Waals surface area contributed by atoms with Crippen molar-refractivity contribution in [1.82, 2.24) is 10.2 Å². The van der Waals surface area contributed by atoms with Gasteiger partial charge >= 0.3 is 0 Å². The van der Waals surface area contributed by atoms with Gasteiger partial charge in [0.25, 0.3) is 5.91 Å². The zero-order chi connectivity index (χ0) is 17.9. The zero-order valence-corrected chi connectivity index (χ0v) is 15.0. The Morgan fingerprint density at radius 3 is 2.21 bits per heavy atom. The number of benzene rings is 1. The van der Waals surface area contributed by atoms with Crippen LogP contribution in [0.3, 0.4) is 0 Å². The van der Waals surface area contributed by atoms with Gasteiger partial charge in [-0.2, -0.15) is 0 Å². The molecule has 1 fully saturated rings. The van der Waals surface area contributed by atoms with E-state index >= 15 is 0 Å². The highest BCUT2D eigenvalue weighted by atomic mass is 16.3. The van der Waals surface area contributed by atoms with Crippen molar-refractivity contribution in [3.8, 4) is 0 Å². The minimum Gasteiger partial charge on any atom is -0.393 e. The molecule has 1 heterocycles. The lowest BCUT2D eigenvalue weighted by molar-refractivity contribution is -0.134. The molecule has 2 N–H and O–H groups in total. The van der Waals surface area contributed by atoms with Gasteiger partial charge in [0.05, 0.1) is 6.10 Å². The van der Waals surface area contributed by atoms with E-state index < -0.39 is 6.04 Å². The predicted molar refractivity (Wildman–Crippen MR) is 93.9 cm³/mol. The molecule has 1 aromatic carbocycles. The van der Waals surface area contributed by atoms with E-state index in [-0.39, 0.29) is 23.3 Å². The number of piperidine rings is 1. The fourth-order valence-electron chi connectivity index (χ4n) is 2.82. The molecule has 5 nitrogen and oxygen atoms in total. The minimum atomic E-state index is -0.574. The zero-order valence-electron chi connectivity index (χ0n) is 15.0. The molecule has 0 spiro atoms. The van der Waals surface area contributed by atoms with Gasteiger partial charge in [0.15, 0.2) is 0 Å². The molecule has 0 aliphatic carbocycles. The molecule has 1 atom stereocenters. The molecular weight excluding hydrogens is 304 g/mol. The van der Waals surface area contributed by atoms with Crippen molar-refractivity contribution in [3.63, 3.8) is 0 Å². The Hall–Kier alpha value is -1.88. The summed E-state index contributed by atoms with van der Waals surface area (Å²) in [5, 5.41) is 12.3. The van der Waals surface area contributed by atoms with Gasteiger partial charge in [0.1, 0.15) is 6.04 Å². The number of carbonyl (C=O) groups excluding carboxylic acids is 2. The standard InChI is InChI=1S/C19H28N2O3/c1-13(18(24)21-11-9-16(22)10-12-21)20-17(23)14-5-7-15(8-6-14)19(2,3)4/h5-8,13,16,22H,9-12H2,1-4H3,(H,20,23). The highest BCUT2D eigenvalue weighted by Gasteiger charge is 2.26. The first-order chi connectivity index (χ1) is 11.2. The van der Waals surface area contributed by atoms with Crippen LogP contribution in [0, 0.1) is 0 Å². The second-order valence-electron chi connectivity index (χ2n) is 7.58. The number of aliphatic hydroxyl groups is 1. The van der Waals surface area contributed by atoms with E-state index in [0.29, 0.717) is 31.5 Å². The van der Waals surface area contributed by atoms with Crippen LogP contribution in [0.1, 0.15) is 56.5 Å². The molecule has 2 rings (SSSR count). The molecule has 0 radical (unpaired) electrons. The van der Waals surface area contributed by atoms with E-state index in [0.717, 1.165) is 5.56 Å². The number of nitrogens with one attached hydrogen (secondary N) is 1. The van der Waals surface area contributed by atoms with Crippen LogP contribution in [0.25, 0.3) is 0 Å². The normalized spacial score (nSPS) is 17.5. The maximum atomic E-state index is 12.4. The molecule has 132 valence electrons. The van der Waals surface area contributed by atoms with Gasteiger partial charge in [-0.25, -0.2) is 0 Å². The summed E-state index contributed by atoms with van der Waals surface area (Å²) in [5.41, 5.74) is 1.75. The summed E-state index contributed by atoms with van der Waals surface area (Å²) >= 11 is 0. The average molecular weight is 332 g/mol. The number of aliphatic hydroxyl groups excluding tert-OH is 1. The number of hydrogen-bond donors (Lipinski definition) is 2. The van der Waals surface area contributed by atoms with Crippen molar-refractivity contribution >= 4 is 11.8 Å². The quantitative estimate of drug-likeness (QED) is 0.890. The van der Waals surface area contributed by atoms with Crippen LogP contribution in [-0.4, -0.2) is 47.1 Å². The van der Waals surface area contributed by atoms with E-state index in [1.165, 1.54) is 0 Å². The molecule has 5 heteroatoms. The van der Waals surface area contributed by atoms with Gasteiger partial charge < -0.3 is 15.3 Å². The minimum absolute atomic E-state index is 0.0388. The average Bonchev–Trinajstić information content (AvgIpc) is 2.54. The molecule has 1 aliphatic rings.